The predicted molar refractivity (Wildman–Crippen MR) is 81.4 cm³/mol. The predicted octanol–water partition coefficient (Wildman–Crippen LogP) is 2.30. The fourth-order valence-corrected chi connectivity index (χ4v) is 3.74. The summed E-state index contributed by atoms with van der Waals surface area (Å²) in [6.07, 6.45) is 0.581. The number of hydrogen-bond acceptors (Lipinski definition) is 3. The fraction of sp³-hybridized carbons (Fsp3) is 0.533. The lowest BCUT2D eigenvalue weighted by molar-refractivity contribution is -0.133. The summed E-state index contributed by atoms with van der Waals surface area (Å²) in [6.45, 7) is 3.83. The Morgan fingerprint density at radius 1 is 1.42 bits per heavy atom. The highest BCUT2D eigenvalue weighted by atomic mass is 32.2. The van der Waals surface area contributed by atoms with Gasteiger partial charge in [0.2, 0.25) is 5.91 Å². The molecule has 0 bridgehead atoms. The van der Waals surface area contributed by atoms with Gasteiger partial charge in [-0.15, -0.1) is 0 Å². The standard InChI is InChI=1S/C15H22N2OS/c1-12-15(13-6-4-3-5-7-13)17(10-11-19-12)14(18)8-9-16-2/h3-7,12,15-16H,8-11H2,1-2H3. The Kier molecular flexibility index (Phi) is 5.28. The van der Waals surface area contributed by atoms with Gasteiger partial charge in [0.25, 0.3) is 0 Å². The van der Waals surface area contributed by atoms with E-state index in [4.69, 9.17) is 0 Å². The van der Waals surface area contributed by atoms with Crippen molar-refractivity contribution < 1.29 is 4.79 Å². The van der Waals surface area contributed by atoms with Crippen molar-refractivity contribution in [2.45, 2.75) is 24.6 Å². The van der Waals surface area contributed by atoms with E-state index >= 15 is 0 Å². The molecule has 2 atom stereocenters. The summed E-state index contributed by atoms with van der Waals surface area (Å²) in [5.41, 5.74) is 1.25. The van der Waals surface area contributed by atoms with E-state index in [1.54, 1.807) is 0 Å². The van der Waals surface area contributed by atoms with Crippen molar-refractivity contribution in [2.24, 2.45) is 0 Å². The first kappa shape index (κ1) is 14.4. The van der Waals surface area contributed by atoms with Crippen molar-refractivity contribution in [3.8, 4) is 0 Å². The zero-order valence-corrected chi connectivity index (χ0v) is 12.5. The summed E-state index contributed by atoms with van der Waals surface area (Å²) < 4.78 is 0. The van der Waals surface area contributed by atoms with E-state index in [-0.39, 0.29) is 11.9 Å². The van der Waals surface area contributed by atoms with Crippen molar-refractivity contribution in [1.82, 2.24) is 10.2 Å². The van der Waals surface area contributed by atoms with Crippen LogP contribution in [-0.2, 0) is 4.79 Å². The number of carbonyl (C=O) groups excluding carboxylic acids is 1. The molecule has 0 aromatic heterocycles. The van der Waals surface area contributed by atoms with Gasteiger partial charge in [-0.2, -0.15) is 11.8 Å². The Morgan fingerprint density at radius 3 is 2.84 bits per heavy atom. The van der Waals surface area contributed by atoms with Gasteiger partial charge < -0.3 is 10.2 Å². The SMILES string of the molecule is CNCCC(=O)N1CCSC(C)C1c1ccccc1. The first-order valence-corrected chi connectivity index (χ1v) is 7.89. The second-order valence-electron chi connectivity index (χ2n) is 4.87. The van der Waals surface area contributed by atoms with Gasteiger partial charge in [0, 0.05) is 30.5 Å². The summed E-state index contributed by atoms with van der Waals surface area (Å²) in [5, 5.41) is 3.50. The van der Waals surface area contributed by atoms with Crippen molar-refractivity contribution >= 4 is 17.7 Å². The molecule has 2 unspecified atom stereocenters. The molecule has 0 spiro atoms. The smallest absolute Gasteiger partial charge is 0.224 e. The van der Waals surface area contributed by atoms with Crippen LogP contribution in [0.25, 0.3) is 0 Å². The molecule has 0 saturated carbocycles. The normalized spacial score (nSPS) is 23.4. The van der Waals surface area contributed by atoms with Crippen LogP contribution in [0.3, 0.4) is 0 Å². The highest BCUT2D eigenvalue weighted by molar-refractivity contribution is 8.00. The second kappa shape index (κ2) is 6.96. The van der Waals surface area contributed by atoms with E-state index in [9.17, 15) is 4.79 Å². The number of rotatable bonds is 4. The molecule has 1 heterocycles. The minimum absolute atomic E-state index is 0.212. The largest absolute Gasteiger partial charge is 0.334 e. The maximum absolute atomic E-state index is 12.4. The number of hydrogen-bond donors (Lipinski definition) is 1. The molecular weight excluding hydrogens is 256 g/mol. The zero-order chi connectivity index (χ0) is 13.7. The lowest BCUT2D eigenvalue weighted by atomic mass is 10.0. The molecule has 104 valence electrons. The van der Waals surface area contributed by atoms with Crippen LogP contribution in [0.5, 0.6) is 0 Å². The molecule has 1 fully saturated rings. The average molecular weight is 278 g/mol. The molecule has 3 nitrogen and oxygen atoms in total. The van der Waals surface area contributed by atoms with Crippen LogP contribution in [-0.4, -0.2) is 41.9 Å². The van der Waals surface area contributed by atoms with E-state index in [2.05, 4.69) is 41.4 Å². The van der Waals surface area contributed by atoms with Gasteiger partial charge in [0.05, 0.1) is 6.04 Å². The maximum Gasteiger partial charge on any atom is 0.224 e. The Labute approximate surface area is 119 Å². The van der Waals surface area contributed by atoms with Crippen LogP contribution in [0.1, 0.15) is 24.9 Å². The maximum atomic E-state index is 12.4. The molecule has 2 rings (SSSR count). The Hall–Kier alpha value is -1.00. The van der Waals surface area contributed by atoms with Crippen molar-refractivity contribution in [3.63, 3.8) is 0 Å². The third kappa shape index (κ3) is 3.51. The highest BCUT2D eigenvalue weighted by Gasteiger charge is 2.32. The Balaban J connectivity index is 2.17. The fourth-order valence-electron chi connectivity index (χ4n) is 2.58. The second-order valence-corrected chi connectivity index (χ2v) is 6.36. The number of amides is 1. The van der Waals surface area contributed by atoms with Gasteiger partial charge in [0.1, 0.15) is 0 Å². The van der Waals surface area contributed by atoms with Crippen LogP contribution in [0.2, 0.25) is 0 Å². The molecule has 1 aliphatic heterocycles. The first-order chi connectivity index (χ1) is 9.24. The molecule has 19 heavy (non-hydrogen) atoms. The van der Waals surface area contributed by atoms with Gasteiger partial charge in [-0.05, 0) is 12.6 Å². The highest BCUT2D eigenvalue weighted by Crippen LogP contribution is 2.36. The van der Waals surface area contributed by atoms with Gasteiger partial charge in [-0.1, -0.05) is 37.3 Å². The van der Waals surface area contributed by atoms with Gasteiger partial charge in [0.15, 0.2) is 0 Å². The number of benzene rings is 1. The third-order valence-electron chi connectivity index (χ3n) is 3.54. The molecule has 1 saturated heterocycles. The van der Waals surface area contributed by atoms with Crippen LogP contribution in [0, 0.1) is 0 Å². The quantitative estimate of drug-likeness (QED) is 0.917. The van der Waals surface area contributed by atoms with Crippen molar-refractivity contribution in [1.29, 1.82) is 0 Å². The van der Waals surface area contributed by atoms with Crippen LogP contribution in [0.4, 0.5) is 0 Å². The van der Waals surface area contributed by atoms with Crippen LogP contribution < -0.4 is 5.32 Å². The third-order valence-corrected chi connectivity index (χ3v) is 4.75. The molecule has 1 aromatic rings. The monoisotopic (exact) mass is 278 g/mol. The van der Waals surface area contributed by atoms with Gasteiger partial charge in [-0.3, -0.25) is 4.79 Å². The lowest BCUT2D eigenvalue weighted by Gasteiger charge is -2.40. The topological polar surface area (TPSA) is 32.3 Å². The molecule has 1 aliphatic rings. The number of nitrogens with zero attached hydrogens (tertiary/aromatic N) is 1. The Bertz CT molecular complexity index is 410. The van der Waals surface area contributed by atoms with E-state index < -0.39 is 0 Å². The molecule has 1 aromatic carbocycles. The van der Waals surface area contributed by atoms with Gasteiger partial charge >= 0.3 is 0 Å². The van der Waals surface area contributed by atoms with E-state index in [0.717, 1.165) is 18.8 Å². The van der Waals surface area contributed by atoms with E-state index in [1.807, 2.05) is 24.9 Å². The molecule has 1 N–H and O–H groups in total. The van der Waals surface area contributed by atoms with Crippen molar-refractivity contribution in [2.75, 3.05) is 25.9 Å². The summed E-state index contributed by atoms with van der Waals surface area (Å²) >= 11 is 1.96. The van der Waals surface area contributed by atoms with Crippen LogP contribution >= 0.6 is 11.8 Å². The zero-order valence-electron chi connectivity index (χ0n) is 11.6. The van der Waals surface area contributed by atoms with Crippen LogP contribution in [0.15, 0.2) is 30.3 Å². The number of carbonyl (C=O) groups is 1. The molecule has 0 radical (unpaired) electrons. The minimum atomic E-state index is 0.212. The first-order valence-electron chi connectivity index (χ1n) is 6.84. The molecule has 0 aliphatic carbocycles. The van der Waals surface area contributed by atoms with E-state index in [1.165, 1.54) is 5.56 Å². The average Bonchev–Trinajstić information content (AvgIpc) is 2.45. The van der Waals surface area contributed by atoms with Gasteiger partial charge in [-0.25, -0.2) is 0 Å². The minimum Gasteiger partial charge on any atom is -0.334 e. The van der Waals surface area contributed by atoms with Crippen molar-refractivity contribution in [3.05, 3.63) is 35.9 Å². The summed E-state index contributed by atoms with van der Waals surface area (Å²) in [7, 11) is 1.89. The molecular formula is C15H22N2OS. The number of nitrogens with one attached hydrogen (secondary N) is 1. The van der Waals surface area contributed by atoms with E-state index in [0.29, 0.717) is 11.7 Å². The summed E-state index contributed by atoms with van der Waals surface area (Å²) in [4.78, 5) is 14.4. The molecule has 4 heteroatoms. The Morgan fingerprint density at radius 2 is 2.16 bits per heavy atom. The lowest BCUT2D eigenvalue weighted by Crippen LogP contribution is -2.44. The summed E-state index contributed by atoms with van der Waals surface area (Å²) in [5.74, 6) is 1.30. The number of thioether (sulfide) groups is 1. The molecule has 1 amide bonds. The summed E-state index contributed by atoms with van der Waals surface area (Å²) in [6, 6.07) is 10.6.